The van der Waals surface area contributed by atoms with Crippen LogP contribution in [-0.2, 0) is 6.54 Å². The maximum atomic E-state index is 6.03. The Bertz CT molecular complexity index is 741. The first kappa shape index (κ1) is 12.9. The second-order valence-corrected chi connectivity index (χ2v) is 4.74. The van der Waals surface area contributed by atoms with Gasteiger partial charge in [0.15, 0.2) is 10.9 Å². The molecular weight excluding hydrogens is 276 g/mol. The normalized spacial score (nSPS) is 10.9. The van der Waals surface area contributed by atoms with Crippen molar-refractivity contribution in [2.24, 2.45) is 0 Å². The van der Waals surface area contributed by atoms with Gasteiger partial charge in [-0.1, -0.05) is 36.7 Å². The van der Waals surface area contributed by atoms with Gasteiger partial charge < -0.3 is 4.74 Å². The molecule has 0 saturated heterocycles. The molecule has 0 unspecified atom stereocenters. The van der Waals surface area contributed by atoms with Crippen LogP contribution in [0.25, 0.3) is 10.8 Å². The molecule has 0 saturated carbocycles. The second kappa shape index (κ2) is 5.46. The number of benzene rings is 1. The molecule has 0 aliphatic rings. The molecule has 0 radical (unpaired) electrons. The summed E-state index contributed by atoms with van der Waals surface area (Å²) >= 11 is 6.03. The lowest BCUT2D eigenvalue weighted by molar-refractivity contribution is 0.460. The fourth-order valence-corrected chi connectivity index (χ4v) is 2.18. The third-order valence-corrected chi connectivity index (χ3v) is 3.16. The summed E-state index contributed by atoms with van der Waals surface area (Å²) in [7, 11) is 0. The van der Waals surface area contributed by atoms with E-state index in [-0.39, 0.29) is 0 Å². The van der Waals surface area contributed by atoms with Crippen molar-refractivity contribution in [2.45, 2.75) is 19.9 Å². The first-order chi connectivity index (χ1) is 9.78. The largest absolute Gasteiger partial charge is 0.434 e. The number of halogens is 1. The van der Waals surface area contributed by atoms with Gasteiger partial charge in [0.1, 0.15) is 0 Å². The minimum atomic E-state index is 0.370. The van der Waals surface area contributed by atoms with Crippen molar-refractivity contribution in [1.29, 1.82) is 0 Å². The Hall–Kier alpha value is -2.14. The number of rotatable bonds is 4. The average molecular weight is 289 g/mol. The monoisotopic (exact) mass is 288 g/mol. The number of hydrogen-bond acceptors (Lipinski definition) is 4. The zero-order valence-electron chi connectivity index (χ0n) is 11.0. The molecule has 3 aromatic rings. The van der Waals surface area contributed by atoms with E-state index in [2.05, 4.69) is 22.2 Å². The lowest BCUT2D eigenvalue weighted by Gasteiger charge is -2.05. The van der Waals surface area contributed by atoms with E-state index < -0.39 is 0 Å². The molecule has 2 heterocycles. The summed E-state index contributed by atoms with van der Waals surface area (Å²) < 4.78 is 7.59. The van der Waals surface area contributed by atoms with Crippen LogP contribution in [0.5, 0.6) is 11.6 Å². The van der Waals surface area contributed by atoms with Crippen molar-refractivity contribution in [3.63, 3.8) is 0 Å². The van der Waals surface area contributed by atoms with Crippen LogP contribution in [0, 0.1) is 0 Å². The van der Waals surface area contributed by atoms with Gasteiger partial charge in [0.25, 0.3) is 0 Å². The summed E-state index contributed by atoms with van der Waals surface area (Å²) in [6, 6.07) is 7.61. The van der Waals surface area contributed by atoms with Crippen LogP contribution in [0.1, 0.15) is 13.3 Å². The van der Waals surface area contributed by atoms with Crippen LogP contribution < -0.4 is 4.74 Å². The smallest absolute Gasteiger partial charge is 0.247 e. The Morgan fingerprint density at radius 1 is 1.20 bits per heavy atom. The van der Waals surface area contributed by atoms with Crippen molar-refractivity contribution >= 4 is 22.4 Å². The summed E-state index contributed by atoms with van der Waals surface area (Å²) in [5, 5.41) is 14.2. The molecule has 0 bridgehead atoms. The van der Waals surface area contributed by atoms with Gasteiger partial charge >= 0.3 is 0 Å². The minimum Gasteiger partial charge on any atom is -0.434 e. The van der Waals surface area contributed by atoms with E-state index in [4.69, 9.17) is 16.3 Å². The van der Waals surface area contributed by atoms with Crippen LogP contribution in [0.2, 0.25) is 5.15 Å². The molecule has 102 valence electrons. The maximum Gasteiger partial charge on any atom is 0.247 e. The van der Waals surface area contributed by atoms with Crippen molar-refractivity contribution < 1.29 is 4.74 Å². The highest BCUT2D eigenvalue weighted by Gasteiger charge is 2.10. The molecule has 0 amide bonds. The van der Waals surface area contributed by atoms with Gasteiger partial charge in [-0.25, -0.2) is 0 Å². The molecule has 0 N–H and O–H groups in total. The highest BCUT2D eigenvalue weighted by molar-refractivity contribution is 6.34. The Labute approximate surface area is 121 Å². The Morgan fingerprint density at radius 3 is 2.80 bits per heavy atom. The van der Waals surface area contributed by atoms with Gasteiger partial charge in [0.2, 0.25) is 5.88 Å². The fraction of sp³-hybridized carbons (Fsp3) is 0.214. The van der Waals surface area contributed by atoms with Crippen LogP contribution >= 0.6 is 11.6 Å². The molecule has 0 aliphatic carbocycles. The van der Waals surface area contributed by atoms with E-state index in [0.29, 0.717) is 16.8 Å². The highest BCUT2D eigenvalue weighted by atomic mass is 35.5. The summed E-state index contributed by atoms with van der Waals surface area (Å²) in [6.07, 6.45) is 4.53. The van der Waals surface area contributed by atoms with Gasteiger partial charge in [0.05, 0.1) is 12.4 Å². The molecule has 2 aromatic heterocycles. The molecule has 3 rings (SSSR count). The predicted molar refractivity (Wildman–Crippen MR) is 77.1 cm³/mol. The second-order valence-electron chi connectivity index (χ2n) is 4.38. The van der Waals surface area contributed by atoms with E-state index in [0.717, 1.165) is 23.7 Å². The molecule has 0 fully saturated rings. The Morgan fingerprint density at radius 2 is 2.00 bits per heavy atom. The lowest BCUT2D eigenvalue weighted by atomic mass is 10.2. The molecule has 1 aromatic carbocycles. The van der Waals surface area contributed by atoms with Gasteiger partial charge in [-0.2, -0.15) is 5.10 Å². The maximum absolute atomic E-state index is 6.03. The molecule has 0 atom stereocenters. The van der Waals surface area contributed by atoms with E-state index >= 15 is 0 Å². The van der Waals surface area contributed by atoms with E-state index in [1.165, 1.54) is 0 Å². The Kier molecular flexibility index (Phi) is 3.52. The third kappa shape index (κ3) is 2.44. The number of fused-ring (bicyclic) bond motifs is 1. The number of aryl methyl sites for hydroxylation is 1. The van der Waals surface area contributed by atoms with Crippen LogP contribution in [0.4, 0.5) is 0 Å². The van der Waals surface area contributed by atoms with E-state index in [1.807, 2.05) is 35.1 Å². The van der Waals surface area contributed by atoms with E-state index in [1.54, 1.807) is 6.20 Å². The van der Waals surface area contributed by atoms with Crippen molar-refractivity contribution in [3.05, 3.63) is 41.8 Å². The summed E-state index contributed by atoms with van der Waals surface area (Å²) in [6.45, 7) is 2.96. The van der Waals surface area contributed by atoms with Crippen molar-refractivity contribution in [2.75, 3.05) is 0 Å². The van der Waals surface area contributed by atoms with Crippen LogP contribution in [-0.4, -0.2) is 20.0 Å². The molecule has 6 heteroatoms. The number of aromatic nitrogens is 4. The van der Waals surface area contributed by atoms with Gasteiger partial charge in [0, 0.05) is 17.3 Å². The zero-order valence-corrected chi connectivity index (χ0v) is 11.7. The molecular formula is C14H13ClN4O. The number of nitrogens with zero attached hydrogens (tertiary/aromatic N) is 4. The molecule has 5 nitrogen and oxygen atoms in total. The number of ether oxygens (including phenoxy) is 1. The topological polar surface area (TPSA) is 52.8 Å². The van der Waals surface area contributed by atoms with Gasteiger partial charge in [-0.15, -0.1) is 10.2 Å². The Balaban J connectivity index is 1.96. The zero-order chi connectivity index (χ0) is 13.9. The minimum absolute atomic E-state index is 0.370. The predicted octanol–water partition coefficient (Wildman–Crippen LogP) is 3.68. The molecule has 20 heavy (non-hydrogen) atoms. The van der Waals surface area contributed by atoms with Crippen LogP contribution in [0.3, 0.4) is 0 Å². The first-order valence-corrected chi connectivity index (χ1v) is 6.77. The number of hydrogen-bond donors (Lipinski definition) is 0. The van der Waals surface area contributed by atoms with Gasteiger partial charge in [-0.05, 0) is 12.5 Å². The van der Waals surface area contributed by atoms with Crippen molar-refractivity contribution in [1.82, 2.24) is 20.0 Å². The van der Waals surface area contributed by atoms with E-state index in [9.17, 15) is 0 Å². The average Bonchev–Trinajstić information content (AvgIpc) is 2.90. The molecule has 0 spiro atoms. The van der Waals surface area contributed by atoms with Crippen molar-refractivity contribution in [3.8, 4) is 11.6 Å². The third-order valence-electron chi connectivity index (χ3n) is 2.89. The summed E-state index contributed by atoms with van der Waals surface area (Å²) in [4.78, 5) is 0. The summed E-state index contributed by atoms with van der Waals surface area (Å²) in [5.74, 6) is 1.07. The quantitative estimate of drug-likeness (QED) is 0.735. The summed E-state index contributed by atoms with van der Waals surface area (Å²) in [5.41, 5.74) is 0. The lowest BCUT2D eigenvalue weighted by Crippen LogP contribution is -1.96. The van der Waals surface area contributed by atoms with Gasteiger partial charge in [-0.3, -0.25) is 4.68 Å². The molecule has 0 aliphatic heterocycles. The van der Waals surface area contributed by atoms with Crippen LogP contribution in [0.15, 0.2) is 36.7 Å². The SMILES string of the molecule is CCCn1cc(Oc2nnc(Cl)c3ccccc23)cn1. The highest BCUT2D eigenvalue weighted by Crippen LogP contribution is 2.30. The standard InChI is InChI=1S/C14H13ClN4O/c1-2-7-19-9-10(8-16-19)20-14-12-6-4-3-5-11(12)13(15)17-18-14/h3-6,8-9H,2,7H2,1H3. The fourth-order valence-electron chi connectivity index (χ4n) is 1.98. The first-order valence-electron chi connectivity index (χ1n) is 6.39.